The van der Waals surface area contributed by atoms with Crippen molar-refractivity contribution in [2.24, 2.45) is 0 Å². The average molecular weight is 292 g/mol. The highest BCUT2D eigenvalue weighted by atomic mass is 35.5. The summed E-state index contributed by atoms with van der Waals surface area (Å²) in [5, 5.41) is 5.37. The fourth-order valence-electron chi connectivity index (χ4n) is 2.09. The number of rotatable bonds is 8. The van der Waals surface area contributed by atoms with E-state index in [-0.39, 0.29) is 0 Å². The van der Waals surface area contributed by atoms with Gasteiger partial charge >= 0.3 is 0 Å². The standard InChI is InChI=1S/C13H23Cl2N3/c1-4-8-17(9-7-14)10-12-13(15)11(5-2)16-18(12)6-3/h4-10H2,1-3H3. The zero-order valence-corrected chi connectivity index (χ0v) is 13.1. The van der Waals surface area contributed by atoms with Gasteiger partial charge in [-0.1, -0.05) is 25.4 Å². The van der Waals surface area contributed by atoms with Gasteiger partial charge in [0.25, 0.3) is 0 Å². The second-order valence-corrected chi connectivity index (χ2v) is 5.10. The lowest BCUT2D eigenvalue weighted by molar-refractivity contribution is 0.273. The average Bonchev–Trinajstić information content (AvgIpc) is 2.67. The predicted molar refractivity (Wildman–Crippen MR) is 78.6 cm³/mol. The Morgan fingerprint density at radius 1 is 1.22 bits per heavy atom. The number of alkyl halides is 1. The summed E-state index contributed by atoms with van der Waals surface area (Å²) in [5.41, 5.74) is 2.12. The van der Waals surface area contributed by atoms with Crippen LogP contribution < -0.4 is 0 Å². The lowest BCUT2D eigenvalue weighted by Gasteiger charge is -2.21. The Morgan fingerprint density at radius 3 is 2.44 bits per heavy atom. The number of aromatic nitrogens is 2. The van der Waals surface area contributed by atoms with Gasteiger partial charge in [0.2, 0.25) is 0 Å². The topological polar surface area (TPSA) is 21.1 Å². The van der Waals surface area contributed by atoms with Gasteiger partial charge in [0.15, 0.2) is 0 Å². The van der Waals surface area contributed by atoms with Crippen LogP contribution >= 0.6 is 23.2 Å². The van der Waals surface area contributed by atoms with E-state index in [0.717, 1.165) is 55.4 Å². The molecule has 18 heavy (non-hydrogen) atoms. The lowest BCUT2D eigenvalue weighted by atomic mass is 10.2. The Hall–Kier alpha value is -0.250. The van der Waals surface area contributed by atoms with Gasteiger partial charge in [0, 0.05) is 25.5 Å². The van der Waals surface area contributed by atoms with Crippen LogP contribution in [0.5, 0.6) is 0 Å². The minimum atomic E-state index is 0.651. The first-order chi connectivity index (χ1) is 8.67. The van der Waals surface area contributed by atoms with Gasteiger partial charge < -0.3 is 0 Å². The summed E-state index contributed by atoms with van der Waals surface area (Å²) in [4.78, 5) is 2.33. The third-order valence-corrected chi connectivity index (χ3v) is 3.61. The lowest BCUT2D eigenvalue weighted by Crippen LogP contribution is -2.27. The molecule has 1 heterocycles. The molecule has 0 amide bonds. The summed E-state index contributed by atoms with van der Waals surface area (Å²) in [6.07, 6.45) is 2.00. The number of hydrogen-bond acceptors (Lipinski definition) is 2. The minimum Gasteiger partial charge on any atom is -0.296 e. The van der Waals surface area contributed by atoms with Crippen LogP contribution in [0.25, 0.3) is 0 Å². The van der Waals surface area contributed by atoms with Crippen LogP contribution in [-0.4, -0.2) is 33.6 Å². The third kappa shape index (κ3) is 3.87. The zero-order valence-electron chi connectivity index (χ0n) is 11.5. The second-order valence-electron chi connectivity index (χ2n) is 4.34. The molecule has 0 saturated carbocycles. The summed E-state index contributed by atoms with van der Waals surface area (Å²) in [5.74, 6) is 0.651. The van der Waals surface area contributed by atoms with Crippen LogP contribution in [0, 0.1) is 0 Å². The smallest absolute Gasteiger partial charge is 0.0863 e. The monoisotopic (exact) mass is 291 g/mol. The van der Waals surface area contributed by atoms with Crippen molar-refractivity contribution in [2.45, 2.75) is 46.7 Å². The van der Waals surface area contributed by atoms with Crippen LogP contribution in [0.3, 0.4) is 0 Å². The molecule has 0 saturated heterocycles. The fraction of sp³-hybridized carbons (Fsp3) is 0.769. The van der Waals surface area contributed by atoms with Gasteiger partial charge in [-0.25, -0.2) is 0 Å². The zero-order chi connectivity index (χ0) is 13.5. The van der Waals surface area contributed by atoms with Crippen molar-refractivity contribution < 1.29 is 0 Å². The molecule has 0 aliphatic rings. The van der Waals surface area contributed by atoms with Crippen LogP contribution in [0.2, 0.25) is 5.02 Å². The molecule has 0 fully saturated rings. The maximum absolute atomic E-state index is 6.41. The highest BCUT2D eigenvalue weighted by Crippen LogP contribution is 2.23. The number of hydrogen-bond donors (Lipinski definition) is 0. The Kier molecular flexibility index (Phi) is 7.05. The van der Waals surface area contributed by atoms with Gasteiger partial charge in [0.05, 0.1) is 16.4 Å². The molecule has 1 aromatic heterocycles. The Balaban J connectivity index is 2.89. The maximum atomic E-state index is 6.41. The molecule has 0 unspecified atom stereocenters. The normalized spacial score (nSPS) is 11.4. The van der Waals surface area contributed by atoms with Gasteiger partial charge in [0.1, 0.15) is 0 Å². The van der Waals surface area contributed by atoms with Crippen molar-refractivity contribution in [3.05, 3.63) is 16.4 Å². The molecule has 0 bridgehead atoms. The largest absolute Gasteiger partial charge is 0.296 e. The Labute approximate surface area is 120 Å². The van der Waals surface area contributed by atoms with Crippen LogP contribution in [0.4, 0.5) is 0 Å². The Bertz CT molecular complexity index is 357. The molecule has 5 heteroatoms. The SMILES string of the molecule is CCCN(CCCl)Cc1c(Cl)c(CC)nn1CC. The molecular formula is C13H23Cl2N3. The van der Waals surface area contributed by atoms with Gasteiger partial charge in [-0.3, -0.25) is 9.58 Å². The maximum Gasteiger partial charge on any atom is 0.0863 e. The molecule has 104 valence electrons. The molecule has 1 aromatic rings. The highest BCUT2D eigenvalue weighted by Gasteiger charge is 2.16. The number of halogens is 2. The van der Waals surface area contributed by atoms with Crippen molar-refractivity contribution in [1.29, 1.82) is 0 Å². The van der Waals surface area contributed by atoms with Crippen molar-refractivity contribution in [3.8, 4) is 0 Å². The van der Waals surface area contributed by atoms with Crippen LogP contribution in [0.1, 0.15) is 38.6 Å². The van der Waals surface area contributed by atoms with E-state index in [0.29, 0.717) is 5.88 Å². The molecule has 0 radical (unpaired) electrons. The first kappa shape index (κ1) is 15.8. The van der Waals surface area contributed by atoms with E-state index in [1.165, 1.54) is 0 Å². The summed E-state index contributed by atoms with van der Waals surface area (Å²) in [6.45, 7) is 9.98. The van der Waals surface area contributed by atoms with Crippen molar-refractivity contribution in [1.82, 2.24) is 14.7 Å². The molecule has 0 aromatic carbocycles. The molecule has 1 rings (SSSR count). The second kappa shape index (κ2) is 8.03. The summed E-state index contributed by atoms with van der Waals surface area (Å²) in [6, 6.07) is 0. The van der Waals surface area contributed by atoms with Gasteiger partial charge in [-0.15, -0.1) is 11.6 Å². The van der Waals surface area contributed by atoms with E-state index < -0.39 is 0 Å². The van der Waals surface area contributed by atoms with E-state index in [1.54, 1.807) is 0 Å². The highest BCUT2D eigenvalue weighted by molar-refractivity contribution is 6.31. The minimum absolute atomic E-state index is 0.651. The third-order valence-electron chi connectivity index (χ3n) is 3.01. The molecule has 0 aliphatic heterocycles. The number of aryl methyl sites for hydroxylation is 2. The first-order valence-corrected chi connectivity index (χ1v) is 7.61. The summed E-state index contributed by atoms with van der Waals surface area (Å²) in [7, 11) is 0. The van der Waals surface area contributed by atoms with E-state index in [2.05, 4.69) is 30.8 Å². The van der Waals surface area contributed by atoms with E-state index >= 15 is 0 Å². The van der Waals surface area contributed by atoms with Crippen LogP contribution in [0.15, 0.2) is 0 Å². The number of nitrogens with zero attached hydrogens (tertiary/aromatic N) is 3. The molecule has 0 spiro atoms. The molecule has 0 atom stereocenters. The van der Waals surface area contributed by atoms with E-state index in [9.17, 15) is 0 Å². The fourth-order valence-corrected chi connectivity index (χ4v) is 2.65. The van der Waals surface area contributed by atoms with Crippen molar-refractivity contribution in [2.75, 3.05) is 19.0 Å². The summed E-state index contributed by atoms with van der Waals surface area (Å²) < 4.78 is 2.01. The van der Waals surface area contributed by atoms with Crippen LogP contribution in [-0.2, 0) is 19.5 Å². The van der Waals surface area contributed by atoms with E-state index in [4.69, 9.17) is 23.2 Å². The molecular weight excluding hydrogens is 269 g/mol. The summed E-state index contributed by atoms with van der Waals surface area (Å²) >= 11 is 12.3. The first-order valence-electron chi connectivity index (χ1n) is 6.70. The van der Waals surface area contributed by atoms with Crippen molar-refractivity contribution in [3.63, 3.8) is 0 Å². The quantitative estimate of drug-likeness (QED) is 0.683. The molecule has 0 N–H and O–H groups in total. The Morgan fingerprint density at radius 2 is 1.94 bits per heavy atom. The van der Waals surface area contributed by atoms with Gasteiger partial charge in [-0.05, 0) is 26.3 Å². The predicted octanol–water partition coefficient (Wildman–Crippen LogP) is 3.57. The van der Waals surface area contributed by atoms with Crippen molar-refractivity contribution >= 4 is 23.2 Å². The molecule has 0 aliphatic carbocycles. The van der Waals surface area contributed by atoms with E-state index in [1.807, 2.05) is 4.68 Å². The van der Waals surface area contributed by atoms with Gasteiger partial charge in [-0.2, -0.15) is 5.10 Å². The molecule has 3 nitrogen and oxygen atoms in total.